The minimum Gasteiger partial charge on any atom is -0.481 e. The highest BCUT2D eigenvalue weighted by Gasteiger charge is 2.46. The molecule has 1 saturated heterocycles. The van der Waals surface area contributed by atoms with Gasteiger partial charge in [0.05, 0.1) is 18.7 Å². The topological polar surface area (TPSA) is 79.7 Å². The fourth-order valence-corrected chi connectivity index (χ4v) is 4.05. The van der Waals surface area contributed by atoms with E-state index in [-0.39, 0.29) is 25.5 Å². The zero-order valence-electron chi connectivity index (χ0n) is 14.3. The van der Waals surface area contributed by atoms with Gasteiger partial charge in [-0.15, -0.1) is 11.3 Å². The van der Waals surface area contributed by atoms with E-state index in [1.807, 2.05) is 17.5 Å². The molecule has 1 unspecified atom stereocenters. The number of benzene rings is 1. The first kappa shape index (κ1) is 18.8. The second kappa shape index (κ2) is 7.73. The maximum absolute atomic E-state index is 12.6. The molecule has 1 amide bonds. The van der Waals surface area contributed by atoms with Gasteiger partial charge in [-0.25, -0.2) is 4.98 Å². The van der Waals surface area contributed by atoms with Gasteiger partial charge in [0.1, 0.15) is 10.4 Å². The summed E-state index contributed by atoms with van der Waals surface area (Å²) in [4.78, 5) is 30.3. The number of methoxy groups -OCH3 is 1. The van der Waals surface area contributed by atoms with E-state index in [0.29, 0.717) is 23.7 Å². The smallest absolute Gasteiger partial charge is 0.313 e. The van der Waals surface area contributed by atoms with Gasteiger partial charge in [-0.05, 0) is 18.6 Å². The van der Waals surface area contributed by atoms with E-state index in [4.69, 9.17) is 16.3 Å². The van der Waals surface area contributed by atoms with Crippen molar-refractivity contribution in [2.75, 3.05) is 26.8 Å². The number of ether oxygens (including phenoxy) is 1. The number of thiazole rings is 1. The minimum absolute atomic E-state index is 0.101. The molecule has 0 aliphatic carbocycles. The fourth-order valence-electron chi connectivity index (χ4n) is 3.10. The molecule has 8 heteroatoms. The first-order chi connectivity index (χ1) is 12.4. The van der Waals surface area contributed by atoms with Crippen molar-refractivity contribution in [3.63, 3.8) is 0 Å². The van der Waals surface area contributed by atoms with Gasteiger partial charge in [0.2, 0.25) is 5.91 Å². The molecule has 2 heterocycles. The Hall–Kier alpha value is -1.96. The van der Waals surface area contributed by atoms with Crippen LogP contribution in [0.1, 0.15) is 12.1 Å². The number of likely N-dealkylation sites (tertiary alicyclic amines) is 1. The molecule has 1 N–H and O–H groups in total. The molecule has 2 aromatic rings. The predicted molar refractivity (Wildman–Crippen MR) is 99.4 cm³/mol. The number of carbonyl (C=O) groups excluding carboxylic acids is 1. The number of nitrogens with zero attached hydrogens (tertiary/aromatic N) is 2. The Morgan fingerprint density at radius 1 is 1.38 bits per heavy atom. The number of carbonyl (C=O) groups is 2. The average molecular weight is 395 g/mol. The number of aromatic nitrogens is 1. The summed E-state index contributed by atoms with van der Waals surface area (Å²) in [5, 5.41) is 12.8. The SMILES string of the molecule is COCC1(C(=O)O)CCN(C(=O)Cc2csc(-c3ccc(Cl)cc3)n2)C1. The van der Waals surface area contributed by atoms with Crippen molar-refractivity contribution >= 4 is 34.8 Å². The lowest BCUT2D eigenvalue weighted by molar-refractivity contribution is -0.151. The third kappa shape index (κ3) is 3.90. The Kier molecular flexibility index (Phi) is 5.60. The highest BCUT2D eigenvalue weighted by atomic mass is 35.5. The number of carboxylic acids is 1. The lowest BCUT2D eigenvalue weighted by Gasteiger charge is -2.23. The molecule has 1 aliphatic rings. The Morgan fingerprint density at radius 2 is 2.12 bits per heavy atom. The maximum Gasteiger partial charge on any atom is 0.313 e. The van der Waals surface area contributed by atoms with Crippen LogP contribution >= 0.6 is 22.9 Å². The van der Waals surface area contributed by atoms with Crippen molar-refractivity contribution in [3.8, 4) is 10.6 Å². The quantitative estimate of drug-likeness (QED) is 0.814. The van der Waals surface area contributed by atoms with E-state index in [2.05, 4.69) is 4.98 Å². The van der Waals surface area contributed by atoms with Gasteiger partial charge in [-0.2, -0.15) is 0 Å². The third-order valence-corrected chi connectivity index (χ3v) is 5.75. The monoisotopic (exact) mass is 394 g/mol. The molecule has 0 bridgehead atoms. The number of rotatable bonds is 6. The van der Waals surface area contributed by atoms with Gasteiger partial charge < -0.3 is 14.7 Å². The van der Waals surface area contributed by atoms with Crippen LogP contribution in [0.25, 0.3) is 10.6 Å². The Balaban J connectivity index is 1.66. The Labute approximate surface area is 160 Å². The molecule has 1 fully saturated rings. The van der Waals surface area contributed by atoms with Crippen LogP contribution in [0, 0.1) is 5.41 Å². The lowest BCUT2D eigenvalue weighted by Crippen LogP contribution is -2.40. The average Bonchev–Trinajstić information content (AvgIpc) is 3.24. The van der Waals surface area contributed by atoms with Crippen LogP contribution in [0.2, 0.25) is 5.02 Å². The zero-order chi connectivity index (χ0) is 18.7. The van der Waals surface area contributed by atoms with Crippen LogP contribution < -0.4 is 0 Å². The summed E-state index contributed by atoms with van der Waals surface area (Å²) >= 11 is 7.36. The molecule has 1 aromatic heterocycles. The van der Waals surface area contributed by atoms with Crippen LogP contribution in [0.3, 0.4) is 0 Å². The fraction of sp³-hybridized carbons (Fsp3) is 0.389. The summed E-state index contributed by atoms with van der Waals surface area (Å²) < 4.78 is 5.06. The molecule has 26 heavy (non-hydrogen) atoms. The maximum atomic E-state index is 12.6. The molecule has 0 saturated carbocycles. The zero-order valence-corrected chi connectivity index (χ0v) is 15.8. The second-order valence-corrected chi connectivity index (χ2v) is 7.71. The van der Waals surface area contributed by atoms with Gasteiger partial charge in [0.25, 0.3) is 0 Å². The molecule has 1 atom stereocenters. The normalized spacial score (nSPS) is 19.7. The summed E-state index contributed by atoms with van der Waals surface area (Å²) in [5.41, 5.74) is 0.620. The number of hydrogen-bond donors (Lipinski definition) is 1. The van der Waals surface area contributed by atoms with Crippen molar-refractivity contribution in [2.24, 2.45) is 5.41 Å². The number of carboxylic acid groups (broad SMARTS) is 1. The van der Waals surface area contributed by atoms with Crippen LogP contribution in [-0.2, 0) is 20.7 Å². The molecule has 6 nitrogen and oxygen atoms in total. The molecule has 0 spiro atoms. The van der Waals surface area contributed by atoms with Gasteiger partial charge in [-0.3, -0.25) is 9.59 Å². The van der Waals surface area contributed by atoms with Crippen molar-refractivity contribution in [2.45, 2.75) is 12.8 Å². The minimum atomic E-state index is -1.01. The van der Waals surface area contributed by atoms with Crippen molar-refractivity contribution in [3.05, 3.63) is 40.4 Å². The lowest BCUT2D eigenvalue weighted by atomic mass is 9.88. The predicted octanol–water partition coefficient (Wildman–Crippen LogP) is 2.96. The molecule has 0 radical (unpaired) electrons. The third-order valence-electron chi connectivity index (χ3n) is 4.56. The van der Waals surface area contributed by atoms with E-state index >= 15 is 0 Å². The number of halogens is 1. The summed E-state index contributed by atoms with van der Waals surface area (Å²) in [6.45, 7) is 0.690. The highest BCUT2D eigenvalue weighted by molar-refractivity contribution is 7.13. The molecule has 3 rings (SSSR count). The van der Waals surface area contributed by atoms with E-state index in [1.165, 1.54) is 18.4 Å². The van der Waals surface area contributed by atoms with E-state index in [9.17, 15) is 14.7 Å². The van der Waals surface area contributed by atoms with Crippen LogP contribution in [0.15, 0.2) is 29.6 Å². The van der Waals surface area contributed by atoms with E-state index in [0.717, 1.165) is 10.6 Å². The summed E-state index contributed by atoms with van der Waals surface area (Å²) in [6.07, 6.45) is 0.557. The molecule has 1 aliphatic heterocycles. The van der Waals surface area contributed by atoms with Crippen molar-refractivity contribution in [1.29, 1.82) is 0 Å². The number of aliphatic carboxylic acids is 1. The molecular weight excluding hydrogens is 376 g/mol. The van der Waals surface area contributed by atoms with Gasteiger partial charge in [-0.1, -0.05) is 23.7 Å². The Morgan fingerprint density at radius 3 is 2.77 bits per heavy atom. The van der Waals surface area contributed by atoms with Crippen molar-refractivity contribution < 1.29 is 19.4 Å². The molecular formula is C18H19ClN2O4S. The Bertz CT molecular complexity index is 808. The highest BCUT2D eigenvalue weighted by Crippen LogP contribution is 2.32. The first-order valence-electron chi connectivity index (χ1n) is 8.14. The van der Waals surface area contributed by atoms with Gasteiger partial charge in [0, 0.05) is 36.2 Å². The second-order valence-electron chi connectivity index (χ2n) is 6.41. The molecule has 1 aromatic carbocycles. The first-order valence-corrected chi connectivity index (χ1v) is 9.40. The van der Waals surface area contributed by atoms with Crippen molar-refractivity contribution in [1.82, 2.24) is 9.88 Å². The van der Waals surface area contributed by atoms with E-state index < -0.39 is 11.4 Å². The van der Waals surface area contributed by atoms with E-state index in [1.54, 1.807) is 17.0 Å². The number of amides is 1. The van der Waals surface area contributed by atoms with Gasteiger partial charge in [0.15, 0.2) is 0 Å². The standard InChI is InChI=1S/C18H19ClN2O4S/c1-25-11-18(17(23)24)6-7-21(10-18)15(22)8-14-9-26-16(20-14)12-2-4-13(19)5-3-12/h2-5,9H,6-8,10-11H2,1H3,(H,23,24). The summed E-state index contributed by atoms with van der Waals surface area (Å²) in [7, 11) is 1.47. The van der Waals surface area contributed by atoms with Crippen LogP contribution in [0.4, 0.5) is 0 Å². The summed E-state index contributed by atoms with van der Waals surface area (Å²) in [6, 6.07) is 7.38. The van der Waals surface area contributed by atoms with Crippen LogP contribution in [-0.4, -0.2) is 53.7 Å². The number of hydrogen-bond acceptors (Lipinski definition) is 5. The van der Waals surface area contributed by atoms with Crippen LogP contribution in [0.5, 0.6) is 0 Å². The van der Waals surface area contributed by atoms with Gasteiger partial charge >= 0.3 is 5.97 Å². The summed E-state index contributed by atoms with van der Waals surface area (Å²) in [5.74, 6) is -1.04. The molecule has 138 valence electrons. The largest absolute Gasteiger partial charge is 0.481 e.